The van der Waals surface area contributed by atoms with Gasteiger partial charge >= 0.3 is 0 Å². The number of quaternary nitrogens is 1. The number of hydrogen-bond acceptors (Lipinski definition) is 2. The maximum absolute atomic E-state index is 10.1. The van der Waals surface area contributed by atoms with E-state index in [1.54, 1.807) is 6.07 Å². The Bertz CT molecular complexity index is 378. The molecule has 0 saturated carbocycles. The van der Waals surface area contributed by atoms with Crippen molar-refractivity contribution in [2.45, 2.75) is 31.8 Å². The molecule has 0 unspecified atom stereocenters. The van der Waals surface area contributed by atoms with Gasteiger partial charge in [0, 0.05) is 0 Å². The van der Waals surface area contributed by atoms with Crippen LogP contribution in [0.3, 0.4) is 0 Å². The minimum atomic E-state index is -0.427. The van der Waals surface area contributed by atoms with Gasteiger partial charge in [0.25, 0.3) is 0 Å². The second kappa shape index (κ2) is 7.73. The first-order chi connectivity index (χ1) is 9.25. The molecule has 1 aliphatic rings. The number of nitrogens with one attached hydrogen (secondary N) is 1. The number of benzene rings is 1. The Balaban J connectivity index is 1.74. The summed E-state index contributed by atoms with van der Waals surface area (Å²) in [5.74, 6) is 0.647. The summed E-state index contributed by atoms with van der Waals surface area (Å²) in [4.78, 5) is 1.49. The summed E-state index contributed by atoms with van der Waals surface area (Å²) in [6.45, 7) is 3.42. The molecule has 0 radical (unpaired) electrons. The smallest absolute Gasteiger partial charge is 0.138 e. The van der Waals surface area contributed by atoms with Crippen molar-refractivity contribution in [3.05, 3.63) is 29.3 Å². The number of aliphatic hydroxyl groups excluding tert-OH is 1. The molecule has 1 aliphatic heterocycles. The summed E-state index contributed by atoms with van der Waals surface area (Å²) < 4.78 is 5.58. The van der Waals surface area contributed by atoms with Crippen LogP contribution >= 0.6 is 11.6 Å². The van der Waals surface area contributed by atoms with E-state index in [1.165, 1.54) is 43.7 Å². The Morgan fingerprint density at radius 2 is 1.84 bits per heavy atom. The zero-order valence-corrected chi connectivity index (χ0v) is 12.0. The van der Waals surface area contributed by atoms with Crippen molar-refractivity contribution in [3.8, 4) is 5.75 Å². The molecule has 19 heavy (non-hydrogen) atoms. The zero-order valence-electron chi connectivity index (χ0n) is 11.3. The van der Waals surface area contributed by atoms with Gasteiger partial charge in [-0.1, -0.05) is 23.7 Å². The number of para-hydroxylation sites is 1. The lowest BCUT2D eigenvalue weighted by molar-refractivity contribution is -0.902. The SMILES string of the molecule is O[C@@H](COc1ccccc1Cl)C[NH+]1CCCCCC1. The standard InChI is InChI=1S/C15H22ClNO2/c16-14-7-3-4-8-15(14)19-12-13(18)11-17-9-5-1-2-6-10-17/h3-4,7-8,13,18H,1-2,5-6,9-12H2/p+1/t13-/m1/s1. The van der Waals surface area contributed by atoms with Gasteiger partial charge in [0.1, 0.15) is 25.0 Å². The summed E-state index contributed by atoms with van der Waals surface area (Å²) in [5, 5.41) is 10.7. The molecule has 1 atom stereocenters. The van der Waals surface area contributed by atoms with E-state index in [2.05, 4.69) is 0 Å². The quantitative estimate of drug-likeness (QED) is 0.860. The molecule has 1 fully saturated rings. The number of ether oxygens (including phenoxy) is 1. The maximum Gasteiger partial charge on any atom is 0.138 e. The first kappa shape index (κ1) is 14.6. The van der Waals surface area contributed by atoms with Crippen molar-refractivity contribution >= 4 is 11.6 Å². The molecule has 0 bridgehead atoms. The maximum atomic E-state index is 10.1. The predicted octanol–water partition coefficient (Wildman–Crippen LogP) is 1.54. The Morgan fingerprint density at radius 1 is 1.16 bits per heavy atom. The first-order valence-electron chi connectivity index (χ1n) is 7.14. The van der Waals surface area contributed by atoms with Crippen molar-refractivity contribution in [1.82, 2.24) is 0 Å². The minimum Gasteiger partial charge on any atom is -0.489 e. The third-order valence-corrected chi connectivity index (χ3v) is 3.92. The van der Waals surface area contributed by atoms with Crippen LogP contribution in [0.2, 0.25) is 5.02 Å². The third-order valence-electron chi connectivity index (χ3n) is 3.60. The van der Waals surface area contributed by atoms with E-state index in [4.69, 9.17) is 16.3 Å². The van der Waals surface area contributed by atoms with Crippen molar-refractivity contribution in [2.24, 2.45) is 0 Å². The van der Waals surface area contributed by atoms with Crippen LogP contribution in [0.1, 0.15) is 25.7 Å². The zero-order chi connectivity index (χ0) is 13.5. The first-order valence-corrected chi connectivity index (χ1v) is 7.52. The van der Waals surface area contributed by atoms with Gasteiger partial charge in [0.2, 0.25) is 0 Å². The predicted molar refractivity (Wildman–Crippen MR) is 77.0 cm³/mol. The topological polar surface area (TPSA) is 33.9 Å². The van der Waals surface area contributed by atoms with Crippen LogP contribution < -0.4 is 9.64 Å². The fourth-order valence-corrected chi connectivity index (χ4v) is 2.76. The lowest BCUT2D eigenvalue weighted by Crippen LogP contribution is -3.13. The van der Waals surface area contributed by atoms with Gasteiger partial charge in [0.05, 0.1) is 18.1 Å². The van der Waals surface area contributed by atoms with Gasteiger partial charge < -0.3 is 14.7 Å². The summed E-state index contributed by atoms with van der Waals surface area (Å²) >= 11 is 6.01. The highest BCUT2D eigenvalue weighted by atomic mass is 35.5. The van der Waals surface area contributed by atoms with E-state index < -0.39 is 6.10 Å². The van der Waals surface area contributed by atoms with E-state index in [0.29, 0.717) is 17.4 Å². The average Bonchev–Trinajstić information content (AvgIpc) is 2.66. The third kappa shape index (κ3) is 5.01. The number of likely N-dealkylation sites (tertiary alicyclic amines) is 1. The van der Waals surface area contributed by atoms with Gasteiger partial charge in [-0.15, -0.1) is 0 Å². The van der Waals surface area contributed by atoms with E-state index in [9.17, 15) is 5.11 Å². The van der Waals surface area contributed by atoms with Crippen molar-refractivity contribution in [2.75, 3.05) is 26.2 Å². The molecule has 1 heterocycles. The van der Waals surface area contributed by atoms with Crippen molar-refractivity contribution in [1.29, 1.82) is 0 Å². The molecule has 4 heteroatoms. The molecule has 0 aliphatic carbocycles. The van der Waals surface area contributed by atoms with E-state index >= 15 is 0 Å². The molecular formula is C15H23ClNO2+. The summed E-state index contributed by atoms with van der Waals surface area (Å²) in [6.07, 6.45) is 4.77. The Morgan fingerprint density at radius 3 is 2.53 bits per heavy atom. The highest BCUT2D eigenvalue weighted by molar-refractivity contribution is 6.32. The van der Waals surface area contributed by atoms with Crippen LogP contribution in [-0.2, 0) is 0 Å². The van der Waals surface area contributed by atoms with Crippen LogP contribution in [0.5, 0.6) is 5.75 Å². The van der Waals surface area contributed by atoms with Crippen LogP contribution in [0, 0.1) is 0 Å². The van der Waals surface area contributed by atoms with Crippen LogP contribution in [-0.4, -0.2) is 37.5 Å². The molecule has 0 spiro atoms. The van der Waals surface area contributed by atoms with E-state index in [-0.39, 0.29) is 0 Å². The van der Waals surface area contributed by atoms with Crippen LogP contribution in [0.4, 0.5) is 0 Å². The van der Waals surface area contributed by atoms with Gasteiger partial charge in [-0.3, -0.25) is 0 Å². The molecule has 0 aromatic heterocycles. The lowest BCUT2D eigenvalue weighted by atomic mass is 10.2. The molecule has 3 nitrogen and oxygen atoms in total. The summed E-state index contributed by atoms with van der Waals surface area (Å²) in [6, 6.07) is 7.37. The second-order valence-electron chi connectivity index (χ2n) is 5.26. The molecule has 1 saturated heterocycles. The fourth-order valence-electron chi connectivity index (χ4n) is 2.57. The molecule has 1 aromatic carbocycles. The van der Waals surface area contributed by atoms with Gasteiger partial charge in [0.15, 0.2) is 0 Å². The van der Waals surface area contributed by atoms with Crippen LogP contribution in [0.15, 0.2) is 24.3 Å². The minimum absolute atomic E-state index is 0.313. The Hall–Kier alpha value is -0.770. The molecular weight excluding hydrogens is 262 g/mol. The molecule has 0 amide bonds. The number of halogens is 1. The number of hydrogen-bond donors (Lipinski definition) is 2. The summed E-state index contributed by atoms with van der Waals surface area (Å²) in [7, 11) is 0. The van der Waals surface area contributed by atoms with E-state index in [0.717, 1.165) is 6.54 Å². The van der Waals surface area contributed by atoms with Gasteiger partial charge in [-0.05, 0) is 37.8 Å². The van der Waals surface area contributed by atoms with Crippen molar-refractivity contribution < 1.29 is 14.7 Å². The monoisotopic (exact) mass is 284 g/mol. The molecule has 2 N–H and O–H groups in total. The Labute approximate surface area is 120 Å². The molecule has 106 valence electrons. The normalized spacial score (nSPS) is 18.8. The summed E-state index contributed by atoms with van der Waals surface area (Å²) in [5.41, 5.74) is 0. The largest absolute Gasteiger partial charge is 0.489 e. The van der Waals surface area contributed by atoms with Crippen LogP contribution in [0.25, 0.3) is 0 Å². The highest BCUT2D eigenvalue weighted by Gasteiger charge is 2.17. The lowest BCUT2D eigenvalue weighted by Gasteiger charge is -2.20. The van der Waals surface area contributed by atoms with Gasteiger partial charge in [-0.2, -0.15) is 0 Å². The van der Waals surface area contributed by atoms with Gasteiger partial charge in [-0.25, -0.2) is 0 Å². The molecule has 2 rings (SSSR count). The second-order valence-corrected chi connectivity index (χ2v) is 5.67. The van der Waals surface area contributed by atoms with E-state index in [1.807, 2.05) is 18.2 Å². The molecule has 1 aromatic rings. The average molecular weight is 285 g/mol. The Kier molecular flexibility index (Phi) is 5.95. The van der Waals surface area contributed by atoms with Crippen molar-refractivity contribution in [3.63, 3.8) is 0 Å². The number of aliphatic hydroxyl groups is 1. The highest BCUT2D eigenvalue weighted by Crippen LogP contribution is 2.22. The number of rotatable bonds is 5. The fraction of sp³-hybridized carbons (Fsp3) is 0.600.